The first-order chi connectivity index (χ1) is 12.1. The van der Waals surface area contributed by atoms with Gasteiger partial charge in [0.15, 0.2) is 5.96 Å². The second-order valence-electron chi connectivity index (χ2n) is 7.37. The van der Waals surface area contributed by atoms with E-state index in [1.807, 2.05) is 7.05 Å². The van der Waals surface area contributed by atoms with Crippen LogP contribution < -0.4 is 10.6 Å². The number of thiazole rings is 1. The molecular formula is C19H35N5S. The number of guanidine groups is 1. The van der Waals surface area contributed by atoms with Crippen molar-refractivity contribution in [3.8, 4) is 0 Å². The summed E-state index contributed by atoms with van der Waals surface area (Å²) in [6, 6.07) is 0. The van der Waals surface area contributed by atoms with Gasteiger partial charge < -0.3 is 10.6 Å². The Bertz CT molecular complexity index is 518. The lowest BCUT2D eigenvalue weighted by atomic mass is 9.97. The smallest absolute Gasteiger partial charge is 0.190 e. The molecule has 2 heterocycles. The molecule has 25 heavy (non-hydrogen) atoms. The molecule has 0 atom stereocenters. The molecule has 2 rings (SSSR count). The number of hydrogen-bond donors (Lipinski definition) is 2. The van der Waals surface area contributed by atoms with Gasteiger partial charge in [-0.1, -0.05) is 20.8 Å². The molecule has 0 saturated carbocycles. The molecule has 1 aliphatic rings. The number of aromatic nitrogens is 1. The summed E-state index contributed by atoms with van der Waals surface area (Å²) in [4.78, 5) is 11.6. The van der Waals surface area contributed by atoms with Gasteiger partial charge in [0.2, 0.25) is 0 Å². The van der Waals surface area contributed by atoms with Crippen LogP contribution in [0.25, 0.3) is 0 Å². The highest BCUT2D eigenvalue weighted by Crippen LogP contribution is 2.19. The zero-order chi connectivity index (χ0) is 18.1. The van der Waals surface area contributed by atoms with Gasteiger partial charge in [-0.3, -0.25) is 9.89 Å². The summed E-state index contributed by atoms with van der Waals surface area (Å²) in [7, 11) is 1.85. The summed E-state index contributed by atoms with van der Waals surface area (Å²) < 4.78 is 0. The maximum Gasteiger partial charge on any atom is 0.190 e. The van der Waals surface area contributed by atoms with E-state index in [-0.39, 0.29) is 0 Å². The van der Waals surface area contributed by atoms with Crippen molar-refractivity contribution in [2.45, 2.75) is 53.0 Å². The first-order valence-electron chi connectivity index (χ1n) is 9.70. The molecule has 0 aliphatic carbocycles. The highest BCUT2D eigenvalue weighted by molar-refractivity contribution is 7.09. The highest BCUT2D eigenvalue weighted by atomic mass is 32.1. The number of hydrogen-bond acceptors (Lipinski definition) is 4. The summed E-state index contributed by atoms with van der Waals surface area (Å²) in [6.07, 6.45) is 4.72. The van der Waals surface area contributed by atoms with E-state index in [0.717, 1.165) is 43.9 Å². The van der Waals surface area contributed by atoms with Gasteiger partial charge in [0.1, 0.15) is 0 Å². The van der Waals surface area contributed by atoms with Gasteiger partial charge in [-0.05, 0) is 50.6 Å². The molecule has 1 aromatic rings. The quantitative estimate of drug-likeness (QED) is 0.549. The summed E-state index contributed by atoms with van der Waals surface area (Å²) in [6.45, 7) is 12.0. The maximum absolute atomic E-state index is 4.69. The number of rotatable bonds is 8. The van der Waals surface area contributed by atoms with Crippen molar-refractivity contribution in [2.75, 3.05) is 33.2 Å². The van der Waals surface area contributed by atoms with Crippen molar-refractivity contribution in [1.29, 1.82) is 0 Å². The highest BCUT2D eigenvalue weighted by Gasteiger charge is 2.20. The SMILES string of the molecule is CCc1nc(CN2CCC(CNC(=NC)NCCC(C)C)CC2)cs1. The van der Waals surface area contributed by atoms with E-state index in [1.165, 1.54) is 43.1 Å². The van der Waals surface area contributed by atoms with Crippen LogP contribution in [0.5, 0.6) is 0 Å². The monoisotopic (exact) mass is 365 g/mol. The van der Waals surface area contributed by atoms with Crippen molar-refractivity contribution in [3.63, 3.8) is 0 Å². The van der Waals surface area contributed by atoms with E-state index in [9.17, 15) is 0 Å². The van der Waals surface area contributed by atoms with Crippen LogP contribution in [0.15, 0.2) is 10.4 Å². The second-order valence-corrected chi connectivity index (χ2v) is 8.31. The minimum Gasteiger partial charge on any atom is -0.356 e. The fourth-order valence-corrected chi connectivity index (χ4v) is 3.84. The third-order valence-electron chi connectivity index (χ3n) is 4.79. The van der Waals surface area contributed by atoms with Gasteiger partial charge in [0.05, 0.1) is 10.7 Å². The molecule has 0 amide bonds. The largest absolute Gasteiger partial charge is 0.356 e. The van der Waals surface area contributed by atoms with Crippen LogP contribution in [-0.4, -0.2) is 49.1 Å². The second kappa shape index (κ2) is 10.8. The van der Waals surface area contributed by atoms with Crippen molar-refractivity contribution in [3.05, 3.63) is 16.1 Å². The van der Waals surface area contributed by atoms with Gasteiger partial charge in [-0.25, -0.2) is 4.98 Å². The predicted molar refractivity (Wildman–Crippen MR) is 108 cm³/mol. The van der Waals surface area contributed by atoms with E-state index >= 15 is 0 Å². The van der Waals surface area contributed by atoms with Gasteiger partial charge in [0, 0.05) is 32.1 Å². The van der Waals surface area contributed by atoms with Crippen LogP contribution >= 0.6 is 11.3 Å². The molecule has 1 aliphatic heterocycles. The molecule has 0 unspecified atom stereocenters. The van der Waals surface area contributed by atoms with Crippen LogP contribution in [0.4, 0.5) is 0 Å². The average molecular weight is 366 g/mol. The first kappa shape index (κ1) is 20.2. The van der Waals surface area contributed by atoms with Crippen molar-refractivity contribution < 1.29 is 0 Å². The Morgan fingerprint density at radius 1 is 1.36 bits per heavy atom. The summed E-state index contributed by atoms with van der Waals surface area (Å²) >= 11 is 1.79. The maximum atomic E-state index is 4.69. The van der Waals surface area contributed by atoms with E-state index < -0.39 is 0 Å². The van der Waals surface area contributed by atoms with Gasteiger partial charge in [-0.2, -0.15) is 0 Å². The molecule has 0 bridgehead atoms. The normalized spacial score (nSPS) is 17.2. The molecule has 2 N–H and O–H groups in total. The lowest BCUT2D eigenvalue weighted by Crippen LogP contribution is -2.43. The summed E-state index contributed by atoms with van der Waals surface area (Å²) in [5.41, 5.74) is 1.24. The Hall–Kier alpha value is -1.14. The molecule has 5 nitrogen and oxygen atoms in total. The minimum absolute atomic E-state index is 0.723. The fraction of sp³-hybridized carbons (Fsp3) is 0.789. The molecule has 0 radical (unpaired) electrons. The standard InChI is InChI=1S/C19H35N5S/c1-5-18-23-17(14-25-18)13-24-10-7-16(8-11-24)12-22-19(20-4)21-9-6-15(2)3/h14-16H,5-13H2,1-4H3,(H2,20,21,22). The van der Waals surface area contributed by atoms with E-state index in [2.05, 4.69) is 46.7 Å². The number of piperidine rings is 1. The zero-order valence-corrected chi connectivity index (χ0v) is 17.2. The van der Waals surface area contributed by atoms with Gasteiger partial charge in [0.25, 0.3) is 0 Å². The van der Waals surface area contributed by atoms with Crippen LogP contribution in [0.3, 0.4) is 0 Å². The lowest BCUT2D eigenvalue weighted by molar-refractivity contribution is 0.176. The zero-order valence-electron chi connectivity index (χ0n) is 16.3. The summed E-state index contributed by atoms with van der Waals surface area (Å²) in [5, 5.41) is 10.4. The Labute approximate surface area is 157 Å². The Morgan fingerprint density at radius 2 is 2.12 bits per heavy atom. The summed E-state index contributed by atoms with van der Waals surface area (Å²) in [5.74, 6) is 2.40. The Kier molecular flexibility index (Phi) is 8.68. The number of likely N-dealkylation sites (tertiary alicyclic amines) is 1. The molecule has 0 aromatic carbocycles. The van der Waals surface area contributed by atoms with Crippen LogP contribution in [-0.2, 0) is 13.0 Å². The van der Waals surface area contributed by atoms with Crippen LogP contribution in [0, 0.1) is 11.8 Å². The van der Waals surface area contributed by atoms with E-state index in [0.29, 0.717) is 0 Å². The third kappa shape index (κ3) is 7.32. The molecular weight excluding hydrogens is 330 g/mol. The lowest BCUT2D eigenvalue weighted by Gasteiger charge is -2.31. The minimum atomic E-state index is 0.723. The molecule has 142 valence electrons. The van der Waals surface area contributed by atoms with Gasteiger partial charge >= 0.3 is 0 Å². The fourth-order valence-electron chi connectivity index (χ4n) is 3.10. The number of aliphatic imine (C=N–C) groups is 1. The molecule has 1 saturated heterocycles. The Balaban J connectivity index is 1.64. The van der Waals surface area contributed by atoms with E-state index in [1.54, 1.807) is 11.3 Å². The Morgan fingerprint density at radius 3 is 2.72 bits per heavy atom. The van der Waals surface area contributed by atoms with Crippen molar-refractivity contribution in [2.24, 2.45) is 16.8 Å². The topological polar surface area (TPSA) is 52.6 Å². The van der Waals surface area contributed by atoms with Gasteiger partial charge in [-0.15, -0.1) is 11.3 Å². The van der Waals surface area contributed by atoms with Crippen LogP contribution in [0.2, 0.25) is 0 Å². The number of nitrogens with zero attached hydrogens (tertiary/aromatic N) is 3. The third-order valence-corrected chi connectivity index (χ3v) is 5.83. The average Bonchev–Trinajstić information content (AvgIpc) is 3.06. The van der Waals surface area contributed by atoms with Crippen molar-refractivity contribution >= 4 is 17.3 Å². The number of nitrogens with one attached hydrogen (secondary N) is 2. The molecule has 1 fully saturated rings. The van der Waals surface area contributed by atoms with Crippen molar-refractivity contribution in [1.82, 2.24) is 20.5 Å². The van der Waals surface area contributed by atoms with Crippen LogP contribution in [0.1, 0.15) is 50.7 Å². The number of aryl methyl sites for hydroxylation is 1. The first-order valence-corrected chi connectivity index (χ1v) is 10.6. The molecule has 0 spiro atoms. The molecule has 6 heteroatoms. The van der Waals surface area contributed by atoms with E-state index in [4.69, 9.17) is 4.98 Å². The molecule has 1 aromatic heterocycles. The predicted octanol–water partition coefficient (Wildman–Crippen LogP) is 3.13.